The third-order valence-corrected chi connectivity index (χ3v) is 4.01. The van der Waals surface area contributed by atoms with Gasteiger partial charge in [-0.25, -0.2) is 0 Å². The molecule has 0 aromatic carbocycles. The molecule has 1 N–H and O–H groups in total. The van der Waals surface area contributed by atoms with Gasteiger partial charge < -0.3 is 19.7 Å². The van der Waals surface area contributed by atoms with Crippen LogP contribution in [0.5, 0.6) is 0 Å². The van der Waals surface area contributed by atoms with Gasteiger partial charge in [0, 0.05) is 46.9 Å². The van der Waals surface area contributed by atoms with E-state index in [1.54, 1.807) is 4.90 Å². The van der Waals surface area contributed by atoms with E-state index >= 15 is 0 Å². The minimum atomic E-state index is -0.846. The number of methoxy groups -OCH3 is 2. The van der Waals surface area contributed by atoms with Crippen LogP contribution in [0.1, 0.15) is 26.7 Å². The van der Waals surface area contributed by atoms with E-state index in [4.69, 9.17) is 9.47 Å². The number of hydrogen-bond acceptors (Lipinski definition) is 5. The normalized spacial score (nSPS) is 17.6. The zero-order valence-electron chi connectivity index (χ0n) is 14.1. The first kappa shape index (κ1) is 18.9. The van der Waals surface area contributed by atoms with E-state index in [0.29, 0.717) is 26.2 Å². The van der Waals surface area contributed by atoms with Gasteiger partial charge in [0.1, 0.15) is 0 Å². The summed E-state index contributed by atoms with van der Waals surface area (Å²) < 4.78 is 9.98. The summed E-state index contributed by atoms with van der Waals surface area (Å²) in [6.07, 6.45) is 1.22. The van der Waals surface area contributed by atoms with Crippen LogP contribution in [-0.2, 0) is 19.1 Å². The topological polar surface area (TPSA) is 71.1 Å². The number of nitrogens with zero attached hydrogens (tertiary/aromatic N) is 2. The molecule has 1 unspecified atom stereocenters. The van der Waals surface area contributed by atoms with Crippen LogP contribution >= 0.6 is 0 Å². The molecule has 1 fully saturated rings. The van der Waals surface area contributed by atoms with Gasteiger partial charge in [-0.05, 0) is 13.3 Å². The highest BCUT2D eigenvalue weighted by atomic mass is 16.7. The lowest BCUT2D eigenvalue weighted by Crippen LogP contribution is -2.56. The van der Waals surface area contributed by atoms with Gasteiger partial charge >= 0.3 is 0 Å². The Labute approximate surface area is 132 Å². The Bertz CT molecular complexity index is 353. The predicted molar refractivity (Wildman–Crippen MR) is 83.3 cm³/mol. The highest BCUT2D eigenvalue weighted by molar-refractivity contribution is 5.81. The molecule has 1 rings (SSSR count). The molecule has 1 aliphatic heterocycles. The van der Waals surface area contributed by atoms with Crippen LogP contribution < -0.4 is 5.32 Å². The number of amides is 2. The number of piperazine rings is 1. The zero-order valence-corrected chi connectivity index (χ0v) is 14.1. The van der Waals surface area contributed by atoms with Crippen LogP contribution in [0.4, 0.5) is 0 Å². The summed E-state index contributed by atoms with van der Waals surface area (Å²) in [4.78, 5) is 28.0. The highest BCUT2D eigenvalue weighted by Gasteiger charge is 2.30. The lowest BCUT2D eigenvalue weighted by Gasteiger charge is -2.38. The molecule has 0 aromatic rings. The molecule has 7 heteroatoms. The molecule has 128 valence electrons. The van der Waals surface area contributed by atoms with Gasteiger partial charge in [0.2, 0.25) is 12.2 Å². The van der Waals surface area contributed by atoms with Crippen LogP contribution in [0.3, 0.4) is 0 Å². The fraction of sp³-hybridized carbons (Fsp3) is 0.867. The lowest BCUT2D eigenvalue weighted by molar-refractivity contribution is -0.172. The van der Waals surface area contributed by atoms with Crippen molar-refractivity contribution in [2.45, 2.75) is 39.0 Å². The van der Waals surface area contributed by atoms with Crippen LogP contribution in [0.25, 0.3) is 0 Å². The molecule has 1 saturated heterocycles. The third-order valence-electron chi connectivity index (χ3n) is 4.01. The van der Waals surface area contributed by atoms with Gasteiger partial charge in [0.05, 0.1) is 6.04 Å². The second-order valence-electron chi connectivity index (χ2n) is 5.49. The Hall–Kier alpha value is -1.18. The SMILES string of the molecule is CCCCNC(=O)C(C)N1CCN(C(=O)C(OC)OC)CC1. The summed E-state index contributed by atoms with van der Waals surface area (Å²) in [7, 11) is 2.90. The first-order valence-electron chi connectivity index (χ1n) is 7.91. The zero-order chi connectivity index (χ0) is 16.5. The van der Waals surface area contributed by atoms with Crippen molar-refractivity contribution in [1.29, 1.82) is 0 Å². The van der Waals surface area contributed by atoms with Gasteiger partial charge in [0.25, 0.3) is 5.91 Å². The summed E-state index contributed by atoms with van der Waals surface area (Å²) in [5, 5.41) is 2.95. The van der Waals surface area contributed by atoms with E-state index in [2.05, 4.69) is 17.1 Å². The first-order valence-corrected chi connectivity index (χ1v) is 7.91. The minimum absolute atomic E-state index is 0.0555. The second kappa shape index (κ2) is 9.76. The number of unbranched alkanes of at least 4 members (excludes halogenated alkanes) is 1. The van der Waals surface area contributed by atoms with Gasteiger partial charge in [-0.2, -0.15) is 0 Å². The first-order chi connectivity index (χ1) is 10.5. The Balaban J connectivity index is 2.41. The quantitative estimate of drug-likeness (QED) is 0.506. The summed E-state index contributed by atoms with van der Waals surface area (Å²) in [6, 6.07) is -0.172. The summed E-state index contributed by atoms with van der Waals surface area (Å²) in [5.74, 6) is -0.107. The molecule has 22 heavy (non-hydrogen) atoms. The average molecular weight is 315 g/mol. The molecule has 1 aliphatic rings. The number of carbonyl (C=O) groups excluding carboxylic acids is 2. The Morgan fingerprint density at radius 1 is 1.14 bits per heavy atom. The number of ether oxygens (including phenoxy) is 2. The number of rotatable bonds is 8. The summed E-state index contributed by atoms with van der Waals surface area (Å²) >= 11 is 0. The second-order valence-corrected chi connectivity index (χ2v) is 5.49. The number of hydrogen-bond donors (Lipinski definition) is 1. The molecule has 0 saturated carbocycles. The van der Waals surface area contributed by atoms with Crippen molar-refractivity contribution in [2.24, 2.45) is 0 Å². The Kier molecular flexibility index (Phi) is 8.37. The minimum Gasteiger partial charge on any atom is -0.355 e. The molecule has 2 amide bonds. The molecule has 1 heterocycles. The standard InChI is InChI=1S/C15H29N3O4/c1-5-6-7-16-13(19)12(2)17-8-10-18(11-9-17)14(20)15(21-3)22-4/h12,15H,5-11H2,1-4H3,(H,16,19). The van der Waals surface area contributed by atoms with Crippen molar-refractivity contribution in [1.82, 2.24) is 15.1 Å². The number of nitrogens with one attached hydrogen (secondary N) is 1. The summed E-state index contributed by atoms with van der Waals surface area (Å²) in [5.41, 5.74) is 0. The van der Waals surface area contributed by atoms with Crippen LogP contribution in [0.2, 0.25) is 0 Å². The van der Waals surface area contributed by atoms with Gasteiger partial charge in [-0.3, -0.25) is 14.5 Å². The maximum atomic E-state index is 12.1. The van der Waals surface area contributed by atoms with E-state index in [0.717, 1.165) is 19.4 Å². The molecule has 0 aromatic heterocycles. The predicted octanol–water partition coefficient (Wildman–Crippen LogP) is 0.0543. The van der Waals surface area contributed by atoms with Crippen molar-refractivity contribution < 1.29 is 19.1 Å². The smallest absolute Gasteiger partial charge is 0.279 e. The third kappa shape index (κ3) is 5.23. The van der Waals surface area contributed by atoms with Crippen molar-refractivity contribution in [3.05, 3.63) is 0 Å². The highest BCUT2D eigenvalue weighted by Crippen LogP contribution is 2.09. The van der Waals surface area contributed by atoms with Crippen molar-refractivity contribution in [3.63, 3.8) is 0 Å². The largest absolute Gasteiger partial charge is 0.355 e. The van der Waals surface area contributed by atoms with Gasteiger partial charge in [-0.1, -0.05) is 13.3 Å². The van der Waals surface area contributed by atoms with E-state index in [1.807, 2.05) is 6.92 Å². The monoisotopic (exact) mass is 315 g/mol. The molecule has 0 bridgehead atoms. The molecule has 0 aliphatic carbocycles. The van der Waals surface area contributed by atoms with Gasteiger partial charge in [-0.15, -0.1) is 0 Å². The fourth-order valence-electron chi connectivity index (χ4n) is 2.48. The molecular formula is C15H29N3O4. The molecule has 7 nitrogen and oxygen atoms in total. The Morgan fingerprint density at radius 3 is 2.23 bits per heavy atom. The Morgan fingerprint density at radius 2 is 1.73 bits per heavy atom. The summed E-state index contributed by atoms with van der Waals surface area (Å²) in [6.45, 7) is 7.23. The van der Waals surface area contributed by atoms with E-state index in [9.17, 15) is 9.59 Å². The van der Waals surface area contributed by atoms with Crippen molar-refractivity contribution in [3.8, 4) is 0 Å². The van der Waals surface area contributed by atoms with E-state index in [-0.39, 0.29) is 17.9 Å². The maximum Gasteiger partial charge on any atom is 0.279 e. The van der Waals surface area contributed by atoms with Crippen LogP contribution in [0.15, 0.2) is 0 Å². The molecule has 1 atom stereocenters. The van der Waals surface area contributed by atoms with Crippen LogP contribution in [-0.4, -0.2) is 80.9 Å². The average Bonchev–Trinajstić information content (AvgIpc) is 2.55. The molecule has 0 spiro atoms. The lowest BCUT2D eigenvalue weighted by atomic mass is 10.2. The molecular weight excluding hydrogens is 286 g/mol. The van der Waals surface area contributed by atoms with E-state index < -0.39 is 6.29 Å². The van der Waals surface area contributed by atoms with Crippen molar-refractivity contribution >= 4 is 11.8 Å². The van der Waals surface area contributed by atoms with Gasteiger partial charge in [0.15, 0.2) is 0 Å². The molecule has 0 radical (unpaired) electrons. The van der Waals surface area contributed by atoms with Crippen molar-refractivity contribution in [2.75, 3.05) is 46.9 Å². The maximum absolute atomic E-state index is 12.1. The van der Waals surface area contributed by atoms with E-state index in [1.165, 1.54) is 14.2 Å². The number of carbonyl (C=O) groups is 2. The fourth-order valence-corrected chi connectivity index (χ4v) is 2.48. The van der Waals surface area contributed by atoms with Crippen LogP contribution in [0, 0.1) is 0 Å².